The van der Waals surface area contributed by atoms with Crippen LogP contribution in [0, 0.1) is 11.7 Å². The Bertz CT molecular complexity index is 440. The van der Waals surface area contributed by atoms with Crippen LogP contribution >= 0.6 is 0 Å². The minimum atomic E-state index is -0.642. The molecule has 1 unspecified atom stereocenters. The van der Waals surface area contributed by atoms with Crippen molar-refractivity contribution in [2.45, 2.75) is 6.42 Å². The molecular formula is C10H13FN4O2. The Balaban J connectivity index is 2.30. The first-order valence-corrected chi connectivity index (χ1v) is 5.22. The summed E-state index contributed by atoms with van der Waals surface area (Å²) < 4.78 is 18.4. The minimum absolute atomic E-state index is 0.0328. The third kappa shape index (κ3) is 2.19. The molecule has 92 valence electrons. The highest BCUT2D eigenvalue weighted by Gasteiger charge is 2.32. The fourth-order valence-corrected chi connectivity index (χ4v) is 1.77. The Morgan fingerprint density at radius 2 is 2.47 bits per heavy atom. The third-order valence-corrected chi connectivity index (χ3v) is 2.68. The Hall–Kier alpha value is -1.76. The van der Waals surface area contributed by atoms with Crippen molar-refractivity contribution in [2.75, 3.05) is 25.1 Å². The van der Waals surface area contributed by atoms with Crippen LogP contribution in [-0.2, 0) is 4.79 Å². The van der Waals surface area contributed by atoms with E-state index in [2.05, 4.69) is 9.97 Å². The number of carbonyl (C=O) groups is 1. The first kappa shape index (κ1) is 11.7. The number of aromatic nitrogens is 2. The van der Waals surface area contributed by atoms with E-state index in [1.54, 1.807) is 0 Å². The molecule has 0 aromatic carbocycles. The summed E-state index contributed by atoms with van der Waals surface area (Å²) in [5.74, 6) is -0.822. The van der Waals surface area contributed by atoms with Gasteiger partial charge in [-0.05, 0) is 12.5 Å². The van der Waals surface area contributed by atoms with E-state index in [1.165, 1.54) is 12.0 Å². The summed E-state index contributed by atoms with van der Waals surface area (Å²) in [6.45, 7) is 0.776. The molecule has 0 radical (unpaired) electrons. The van der Waals surface area contributed by atoms with Gasteiger partial charge in [-0.15, -0.1) is 0 Å². The summed E-state index contributed by atoms with van der Waals surface area (Å²) in [5.41, 5.74) is 5.50. The largest absolute Gasteiger partial charge is 0.467 e. The SMILES string of the molecule is COc1ncc(F)c(N2CC(CN)CC2=O)n1. The quantitative estimate of drug-likeness (QED) is 0.800. The second-order valence-electron chi connectivity index (χ2n) is 3.84. The maximum atomic E-state index is 13.6. The van der Waals surface area contributed by atoms with Gasteiger partial charge in [-0.3, -0.25) is 9.69 Å². The van der Waals surface area contributed by atoms with Crippen molar-refractivity contribution in [2.24, 2.45) is 11.7 Å². The molecule has 1 aromatic rings. The van der Waals surface area contributed by atoms with Crippen LogP contribution in [-0.4, -0.2) is 36.1 Å². The Morgan fingerprint density at radius 1 is 1.71 bits per heavy atom. The molecule has 1 fully saturated rings. The standard InChI is InChI=1S/C10H13FN4O2/c1-17-10-13-4-7(11)9(14-10)15-5-6(3-12)2-8(15)16/h4,6H,2-3,5,12H2,1H3. The minimum Gasteiger partial charge on any atom is -0.467 e. The number of rotatable bonds is 3. The highest BCUT2D eigenvalue weighted by Crippen LogP contribution is 2.25. The molecule has 1 aromatic heterocycles. The van der Waals surface area contributed by atoms with E-state index in [0.29, 0.717) is 19.5 Å². The molecular weight excluding hydrogens is 227 g/mol. The molecule has 1 aliphatic heterocycles. The lowest BCUT2D eigenvalue weighted by Crippen LogP contribution is -2.27. The van der Waals surface area contributed by atoms with Crippen molar-refractivity contribution in [3.63, 3.8) is 0 Å². The molecule has 6 nitrogen and oxygen atoms in total. The fraction of sp³-hybridized carbons (Fsp3) is 0.500. The average Bonchev–Trinajstić information content (AvgIpc) is 2.71. The normalized spacial score (nSPS) is 19.8. The first-order valence-electron chi connectivity index (χ1n) is 5.22. The van der Waals surface area contributed by atoms with Crippen LogP contribution < -0.4 is 15.4 Å². The smallest absolute Gasteiger partial charge is 0.318 e. The Kier molecular flexibility index (Phi) is 3.19. The lowest BCUT2D eigenvalue weighted by Gasteiger charge is -2.16. The number of methoxy groups -OCH3 is 1. The van der Waals surface area contributed by atoms with Crippen molar-refractivity contribution < 1.29 is 13.9 Å². The Labute approximate surface area is 97.6 Å². The molecule has 0 spiro atoms. The van der Waals surface area contributed by atoms with E-state index in [9.17, 15) is 9.18 Å². The van der Waals surface area contributed by atoms with E-state index in [4.69, 9.17) is 10.5 Å². The van der Waals surface area contributed by atoms with Crippen molar-refractivity contribution >= 4 is 11.7 Å². The molecule has 2 N–H and O–H groups in total. The van der Waals surface area contributed by atoms with Crippen molar-refractivity contribution in [1.82, 2.24) is 9.97 Å². The third-order valence-electron chi connectivity index (χ3n) is 2.68. The molecule has 17 heavy (non-hydrogen) atoms. The van der Waals surface area contributed by atoms with Gasteiger partial charge in [0.05, 0.1) is 13.3 Å². The van der Waals surface area contributed by atoms with Crippen LogP contribution in [0.1, 0.15) is 6.42 Å². The molecule has 1 amide bonds. The van der Waals surface area contributed by atoms with Crippen molar-refractivity contribution in [3.8, 4) is 6.01 Å². The topological polar surface area (TPSA) is 81.3 Å². The van der Waals surface area contributed by atoms with Crippen LogP contribution in [0.3, 0.4) is 0 Å². The van der Waals surface area contributed by atoms with Gasteiger partial charge in [-0.1, -0.05) is 0 Å². The molecule has 0 aliphatic carbocycles. The number of nitrogens with zero attached hydrogens (tertiary/aromatic N) is 3. The predicted octanol–water partition coefficient (Wildman–Crippen LogP) is -0.0641. The van der Waals surface area contributed by atoms with Gasteiger partial charge in [-0.2, -0.15) is 4.98 Å². The molecule has 2 rings (SSSR count). The number of halogens is 1. The summed E-state index contributed by atoms with van der Waals surface area (Å²) >= 11 is 0. The lowest BCUT2D eigenvalue weighted by atomic mass is 10.1. The highest BCUT2D eigenvalue weighted by molar-refractivity contribution is 5.94. The second kappa shape index (κ2) is 4.62. The van der Waals surface area contributed by atoms with Gasteiger partial charge in [0.15, 0.2) is 11.6 Å². The zero-order chi connectivity index (χ0) is 12.4. The van der Waals surface area contributed by atoms with Crippen LogP contribution in [0.15, 0.2) is 6.20 Å². The maximum absolute atomic E-state index is 13.6. The Morgan fingerprint density at radius 3 is 3.06 bits per heavy atom. The average molecular weight is 240 g/mol. The molecule has 1 atom stereocenters. The van der Waals surface area contributed by atoms with Gasteiger partial charge >= 0.3 is 6.01 Å². The number of hydrogen-bond donors (Lipinski definition) is 1. The lowest BCUT2D eigenvalue weighted by molar-refractivity contribution is -0.117. The summed E-state index contributed by atoms with van der Waals surface area (Å²) in [5, 5.41) is 0. The first-order chi connectivity index (χ1) is 8.15. The van der Waals surface area contributed by atoms with Gasteiger partial charge in [0.25, 0.3) is 0 Å². The summed E-state index contributed by atoms with van der Waals surface area (Å²) in [6.07, 6.45) is 1.31. The van der Waals surface area contributed by atoms with Gasteiger partial charge < -0.3 is 10.5 Å². The molecule has 0 saturated carbocycles. The molecule has 1 aliphatic rings. The molecule has 1 saturated heterocycles. The summed E-state index contributed by atoms with van der Waals surface area (Å²) in [4.78, 5) is 20.5. The van der Waals surface area contributed by atoms with Gasteiger partial charge in [0.1, 0.15) is 0 Å². The number of anilines is 1. The zero-order valence-corrected chi connectivity index (χ0v) is 9.39. The maximum Gasteiger partial charge on any atom is 0.318 e. The van der Waals surface area contributed by atoms with Crippen LogP contribution in [0.5, 0.6) is 6.01 Å². The fourth-order valence-electron chi connectivity index (χ4n) is 1.77. The zero-order valence-electron chi connectivity index (χ0n) is 9.39. The number of amides is 1. The highest BCUT2D eigenvalue weighted by atomic mass is 19.1. The predicted molar refractivity (Wildman–Crippen MR) is 58.1 cm³/mol. The second-order valence-corrected chi connectivity index (χ2v) is 3.84. The number of hydrogen-bond acceptors (Lipinski definition) is 5. The molecule has 0 bridgehead atoms. The summed E-state index contributed by atoms with van der Waals surface area (Å²) in [7, 11) is 1.38. The van der Waals surface area contributed by atoms with Gasteiger partial charge in [-0.25, -0.2) is 9.37 Å². The van der Waals surface area contributed by atoms with E-state index in [-0.39, 0.29) is 23.7 Å². The van der Waals surface area contributed by atoms with Gasteiger partial charge in [0, 0.05) is 13.0 Å². The molecule has 7 heteroatoms. The van der Waals surface area contributed by atoms with Crippen LogP contribution in [0.4, 0.5) is 10.2 Å². The summed E-state index contributed by atoms with van der Waals surface area (Å²) in [6, 6.07) is 0.0328. The number of nitrogens with two attached hydrogens (primary N) is 1. The molecule has 2 heterocycles. The van der Waals surface area contributed by atoms with E-state index in [0.717, 1.165) is 6.20 Å². The number of carbonyl (C=O) groups excluding carboxylic acids is 1. The van der Waals surface area contributed by atoms with Crippen molar-refractivity contribution in [1.29, 1.82) is 0 Å². The van der Waals surface area contributed by atoms with Crippen molar-refractivity contribution in [3.05, 3.63) is 12.0 Å². The van der Waals surface area contributed by atoms with E-state index in [1.807, 2.05) is 0 Å². The number of ether oxygens (including phenoxy) is 1. The van der Waals surface area contributed by atoms with E-state index < -0.39 is 5.82 Å². The van der Waals surface area contributed by atoms with Gasteiger partial charge in [0.2, 0.25) is 5.91 Å². The monoisotopic (exact) mass is 240 g/mol. The van der Waals surface area contributed by atoms with Crippen LogP contribution in [0.2, 0.25) is 0 Å². The van der Waals surface area contributed by atoms with Crippen LogP contribution in [0.25, 0.3) is 0 Å². The van der Waals surface area contributed by atoms with E-state index >= 15 is 0 Å².